The van der Waals surface area contributed by atoms with Crippen LogP contribution in [-0.2, 0) is 9.47 Å². The molecule has 4 aromatic carbocycles. The summed E-state index contributed by atoms with van der Waals surface area (Å²) in [5.41, 5.74) is 5.42. The molecule has 0 N–H and O–H groups in total. The lowest BCUT2D eigenvalue weighted by molar-refractivity contribution is -0.0557. The van der Waals surface area contributed by atoms with Gasteiger partial charge in [-0.25, -0.2) is 9.59 Å². The van der Waals surface area contributed by atoms with E-state index in [0.29, 0.717) is 11.1 Å². The molecule has 0 saturated heterocycles. The smallest absolute Gasteiger partial charge is 0.338 e. The lowest BCUT2D eigenvalue weighted by atomic mass is 9.61. The van der Waals surface area contributed by atoms with E-state index in [1.807, 2.05) is 36.4 Å². The van der Waals surface area contributed by atoms with E-state index in [2.05, 4.69) is 81.6 Å². The number of esters is 2. The number of fused-ring (bicyclic) bond motifs is 1. The molecule has 4 nitrogen and oxygen atoms in total. The summed E-state index contributed by atoms with van der Waals surface area (Å²) in [4.78, 5) is 26.5. The summed E-state index contributed by atoms with van der Waals surface area (Å²) in [6.45, 7) is 0. The molecule has 0 fully saturated rings. The third-order valence-corrected chi connectivity index (χ3v) is 8.27. The fraction of sp³-hybridized carbons (Fsp3) is 0.133. The van der Waals surface area contributed by atoms with Gasteiger partial charge in [0, 0.05) is 7.14 Å². The highest BCUT2D eigenvalue weighted by atomic mass is 127. The predicted molar refractivity (Wildman–Crippen MR) is 153 cm³/mol. The van der Waals surface area contributed by atoms with Gasteiger partial charge < -0.3 is 9.47 Å². The third-order valence-electron chi connectivity index (χ3n) is 6.92. The van der Waals surface area contributed by atoms with E-state index in [-0.39, 0.29) is 11.8 Å². The monoisotopic (exact) mass is 698 g/mol. The van der Waals surface area contributed by atoms with Crippen molar-refractivity contribution in [1.29, 1.82) is 0 Å². The Morgan fingerprint density at radius 3 is 1.33 bits per heavy atom. The van der Waals surface area contributed by atoms with Crippen LogP contribution in [0, 0.1) is 7.14 Å². The van der Waals surface area contributed by atoms with Crippen LogP contribution < -0.4 is 0 Å². The molecule has 2 bridgehead atoms. The molecule has 6 heteroatoms. The van der Waals surface area contributed by atoms with Crippen LogP contribution in [0.3, 0.4) is 0 Å². The predicted octanol–water partition coefficient (Wildman–Crippen LogP) is 6.94. The molecular formula is C30H20I2O4. The first kappa shape index (κ1) is 23.7. The van der Waals surface area contributed by atoms with Crippen LogP contribution in [0.25, 0.3) is 0 Å². The van der Waals surface area contributed by atoms with Gasteiger partial charge in [-0.05, 0) is 116 Å². The quantitative estimate of drug-likeness (QED) is 0.171. The maximum absolute atomic E-state index is 13.3. The molecule has 36 heavy (non-hydrogen) atoms. The first-order valence-corrected chi connectivity index (χ1v) is 13.8. The Morgan fingerprint density at radius 1 is 0.528 bits per heavy atom. The van der Waals surface area contributed by atoms with Crippen molar-refractivity contribution < 1.29 is 19.1 Å². The summed E-state index contributed by atoms with van der Waals surface area (Å²) in [7, 11) is 0. The van der Waals surface area contributed by atoms with Gasteiger partial charge in [0.2, 0.25) is 0 Å². The second-order valence-corrected chi connectivity index (χ2v) is 11.5. The van der Waals surface area contributed by atoms with Gasteiger partial charge in [-0.1, -0.05) is 48.5 Å². The van der Waals surface area contributed by atoms with Gasteiger partial charge in [0.05, 0.1) is 23.0 Å². The molecule has 2 unspecified atom stereocenters. The van der Waals surface area contributed by atoms with Crippen molar-refractivity contribution in [2.75, 3.05) is 0 Å². The van der Waals surface area contributed by atoms with E-state index in [9.17, 15) is 9.59 Å². The molecule has 0 amide bonds. The largest absolute Gasteiger partial charge is 0.454 e. The minimum absolute atomic E-state index is 0.241. The molecule has 0 radical (unpaired) electrons. The molecule has 3 aliphatic carbocycles. The van der Waals surface area contributed by atoms with Crippen LogP contribution >= 0.6 is 45.2 Å². The van der Waals surface area contributed by atoms with Gasteiger partial charge in [0.1, 0.15) is 0 Å². The van der Waals surface area contributed by atoms with Crippen molar-refractivity contribution in [2.24, 2.45) is 0 Å². The second-order valence-electron chi connectivity index (χ2n) is 8.97. The molecule has 0 aromatic heterocycles. The molecule has 3 aliphatic rings. The zero-order chi connectivity index (χ0) is 24.8. The number of halogens is 2. The summed E-state index contributed by atoms with van der Waals surface area (Å²) >= 11 is 4.63. The zero-order valence-electron chi connectivity index (χ0n) is 18.9. The van der Waals surface area contributed by atoms with Crippen LogP contribution in [0.4, 0.5) is 0 Å². The number of hydrogen-bond acceptors (Lipinski definition) is 4. The number of carbonyl (C=O) groups is 2. The molecule has 178 valence electrons. The van der Waals surface area contributed by atoms with Crippen molar-refractivity contribution in [3.05, 3.63) is 138 Å². The van der Waals surface area contributed by atoms with Gasteiger partial charge in [-0.3, -0.25) is 0 Å². The number of rotatable bonds is 4. The lowest BCUT2D eigenvalue weighted by Crippen LogP contribution is -2.51. The number of benzene rings is 4. The molecule has 0 saturated carbocycles. The third kappa shape index (κ3) is 4.14. The second kappa shape index (κ2) is 9.63. The maximum atomic E-state index is 13.3. The zero-order valence-corrected chi connectivity index (χ0v) is 23.3. The van der Waals surface area contributed by atoms with Crippen molar-refractivity contribution in [3.63, 3.8) is 0 Å². The van der Waals surface area contributed by atoms with Crippen LogP contribution in [0.5, 0.6) is 0 Å². The molecule has 4 aromatic rings. The van der Waals surface area contributed by atoms with Gasteiger partial charge >= 0.3 is 11.9 Å². The average molecular weight is 698 g/mol. The SMILES string of the molecule is O=C(OC1C(OC(=O)c2ccccc2)[C@H]2c3cc(I)ccc3[C@H]1c1ccc(I)cc12)c1ccccc1. The van der Waals surface area contributed by atoms with Crippen LogP contribution in [0.1, 0.15) is 54.8 Å². The van der Waals surface area contributed by atoms with Gasteiger partial charge in [0.15, 0.2) is 12.2 Å². The first-order valence-electron chi connectivity index (χ1n) is 11.6. The highest BCUT2D eigenvalue weighted by molar-refractivity contribution is 14.1. The maximum Gasteiger partial charge on any atom is 0.338 e. The van der Waals surface area contributed by atoms with Gasteiger partial charge in [0.25, 0.3) is 0 Å². The van der Waals surface area contributed by atoms with E-state index in [4.69, 9.17) is 9.47 Å². The minimum atomic E-state index is -0.660. The first-order chi connectivity index (χ1) is 17.5. The lowest BCUT2D eigenvalue weighted by Gasteiger charge is -2.49. The van der Waals surface area contributed by atoms with E-state index in [0.717, 1.165) is 29.4 Å². The summed E-state index contributed by atoms with van der Waals surface area (Å²) in [6.07, 6.45) is -1.32. The Bertz CT molecular complexity index is 1420. The van der Waals surface area contributed by atoms with E-state index >= 15 is 0 Å². The molecule has 0 heterocycles. The van der Waals surface area contributed by atoms with Crippen molar-refractivity contribution in [1.82, 2.24) is 0 Å². The number of ether oxygens (including phenoxy) is 2. The molecule has 0 aliphatic heterocycles. The topological polar surface area (TPSA) is 52.6 Å². The highest BCUT2D eigenvalue weighted by Crippen LogP contribution is 2.55. The summed E-state index contributed by atoms with van der Waals surface area (Å²) in [5.74, 6) is -1.33. The Balaban J connectivity index is 1.49. The highest BCUT2D eigenvalue weighted by Gasteiger charge is 2.54. The number of carbonyl (C=O) groups excluding carboxylic acids is 2. The Kier molecular flexibility index (Phi) is 6.33. The number of hydrogen-bond donors (Lipinski definition) is 0. The standard InChI is InChI=1S/C30H20I2O4/c31-19-11-13-21-23(15-19)26-24-16-20(32)12-14-22(24)25(21)27(35-29(33)17-7-3-1-4-8-17)28(26)36-30(34)18-9-5-2-6-10-18/h1-16,25-28H/t25-,26-,27?,28?. The molecule has 0 spiro atoms. The van der Waals surface area contributed by atoms with Crippen molar-refractivity contribution in [3.8, 4) is 0 Å². The summed E-state index contributed by atoms with van der Waals surface area (Å²) < 4.78 is 14.7. The average Bonchev–Trinajstić information content (AvgIpc) is 2.90. The Morgan fingerprint density at radius 2 is 0.917 bits per heavy atom. The van der Waals surface area contributed by atoms with Gasteiger partial charge in [-0.2, -0.15) is 0 Å². The van der Waals surface area contributed by atoms with Crippen LogP contribution in [-0.4, -0.2) is 24.1 Å². The van der Waals surface area contributed by atoms with Crippen molar-refractivity contribution in [2.45, 2.75) is 24.0 Å². The Labute approximate surface area is 236 Å². The van der Waals surface area contributed by atoms with E-state index in [1.165, 1.54) is 0 Å². The van der Waals surface area contributed by atoms with Crippen LogP contribution in [0.15, 0.2) is 97.1 Å². The molecule has 2 atom stereocenters. The normalized spacial score (nSPS) is 21.3. The van der Waals surface area contributed by atoms with Crippen LogP contribution in [0.2, 0.25) is 0 Å². The summed E-state index contributed by atoms with van der Waals surface area (Å²) in [6, 6.07) is 30.6. The van der Waals surface area contributed by atoms with E-state index in [1.54, 1.807) is 24.3 Å². The molecule has 7 rings (SSSR count). The van der Waals surface area contributed by atoms with E-state index < -0.39 is 24.1 Å². The van der Waals surface area contributed by atoms with Gasteiger partial charge in [-0.15, -0.1) is 0 Å². The fourth-order valence-electron chi connectivity index (χ4n) is 5.42. The minimum Gasteiger partial charge on any atom is -0.454 e. The fourth-order valence-corrected chi connectivity index (χ4v) is 6.45. The Hall–Kier alpha value is -2.72. The van der Waals surface area contributed by atoms with Crippen molar-refractivity contribution >= 4 is 57.1 Å². The summed E-state index contributed by atoms with van der Waals surface area (Å²) in [5, 5.41) is 0. The molecular weight excluding hydrogens is 678 g/mol.